The summed E-state index contributed by atoms with van der Waals surface area (Å²) in [5.74, 6) is 0.778. The van der Waals surface area contributed by atoms with E-state index in [9.17, 15) is 4.79 Å². The Kier molecular flexibility index (Phi) is 4.81. The van der Waals surface area contributed by atoms with Crippen LogP contribution in [0.3, 0.4) is 0 Å². The van der Waals surface area contributed by atoms with Gasteiger partial charge in [0.05, 0.1) is 4.70 Å². The van der Waals surface area contributed by atoms with E-state index < -0.39 is 6.03 Å². The first-order valence-corrected chi connectivity index (χ1v) is 10.8. The summed E-state index contributed by atoms with van der Waals surface area (Å²) in [5.41, 5.74) is 7.28. The Hall–Kier alpha value is -2.71. The topological polar surface area (TPSA) is 93.4 Å². The van der Waals surface area contributed by atoms with Gasteiger partial charge in [-0.1, -0.05) is 23.5 Å². The fraction of sp³-hybridized carbons (Fsp3) is 0.381. The molecule has 29 heavy (non-hydrogen) atoms. The van der Waals surface area contributed by atoms with Crippen molar-refractivity contribution >= 4 is 27.7 Å². The summed E-state index contributed by atoms with van der Waals surface area (Å²) >= 11 is 1.50. The summed E-state index contributed by atoms with van der Waals surface area (Å²) in [6, 6.07) is 12.9. The van der Waals surface area contributed by atoms with E-state index in [-0.39, 0.29) is 6.04 Å². The highest BCUT2D eigenvalue weighted by atomic mass is 32.1. The molecule has 3 N–H and O–H groups in total. The highest BCUT2D eigenvalue weighted by Gasteiger charge is 2.40. The first-order valence-electron chi connectivity index (χ1n) is 9.94. The van der Waals surface area contributed by atoms with Crippen LogP contribution >= 0.6 is 11.3 Å². The van der Waals surface area contributed by atoms with Crippen molar-refractivity contribution in [3.05, 3.63) is 48.2 Å². The number of thiazole rings is 1. The van der Waals surface area contributed by atoms with Gasteiger partial charge in [0.25, 0.3) is 5.19 Å². The van der Waals surface area contributed by atoms with Gasteiger partial charge in [0.2, 0.25) is 0 Å². The van der Waals surface area contributed by atoms with E-state index in [2.05, 4.69) is 32.3 Å². The van der Waals surface area contributed by atoms with Gasteiger partial charge in [-0.2, -0.15) is 4.98 Å². The van der Waals surface area contributed by atoms with Crippen LogP contribution in [-0.4, -0.2) is 39.0 Å². The highest BCUT2D eigenvalue weighted by molar-refractivity contribution is 7.20. The molecule has 1 aromatic carbocycles. The molecule has 3 aromatic rings. The number of aromatic nitrogens is 2. The summed E-state index contributed by atoms with van der Waals surface area (Å²) in [7, 11) is 0. The molecule has 2 amide bonds. The van der Waals surface area contributed by atoms with E-state index in [0.717, 1.165) is 29.8 Å². The number of nitrogens with two attached hydrogens (primary N) is 1. The maximum Gasteiger partial charge on any atom is 0.312 e. The Morgan fingerprint density at radius 3 is 2.66 bits per heavy atom. The molecule has 2 bridgehead atoms. The van der Waals surface area contributed by atoms with E-state index in [1.165, 1.54) is 29.7 Å². The normalized spacial score (nSPS) is 23.9. The Morgan fingerprint density at radius 1 is 1.21 bits per heavy atom. The smallest absolute Gasteiger partial charge is 0.312 e. The Morgan fingerprint density at radius 2 is 1.97 bits per heavy atom. The third kappa shape index (κ3) is 3.90. The molecule has 2 aliphatic heterocycles. The van der Waals surface area contributed by atoms with Gasteiger partial charge in [-0.3, -0.25) is 4.90 Å². The van der Waals surface area contributed by atoms with Crippen molar-refractivity contribution in [2.45, 2.75) is 50.4 Å². The average Bonchev–Trinajstić information content (AvgIpc) is 3.20. The van der Waals surface area contributed by atoms with Crippen molar-refractivity contribution in [2.75, 3.05) is 0 Å². The number of nitrogens with zero attached hydrogens (tertiary/aromatic N) is 3. The minimum Gasteiger partial charge on any atom is -0.431 e. The number of primary amides is 1. The molecule has 7 nitrogen and oxygen atoms in total. The second-order valence-electron chi connectivity index (χ2n) is 7.79. The largest absolute Gasteiger partial charge is 0.431 e. The standard InChI is InChI=1S/C21H23N5O2S/c22-20(27)24-14-10-15-5-6-16(11-14)26(15)12-13-3-7-17(8-4-13)28-21-25-19-18(29-21)2-1-9-23-19/h1-4,7-9,14-16H,5-6,10-12H2,(H3,22,24,27)/t15-,16-/m1/s1. The van der Waals surface area contributed by atoms with Gasteiger partial charge in [-0.05, 0) is 55.5 Å². The van der Waals surface area contributed by atoms with Gasteiger partial charge >= 0.3 is 6.03 Å². The Bertz CT molecular complexity index is 974. The molecule has 2 atom stereocenters. The van der Waals surface area contributed by atoms with Crippen molar-refractivity contribution in [2.24, 2.45) is 5.73 Å². The molecule has 0 aliphatic carbocycles. The van der Waals surface area contributed by atoms with E-state index in [1.807, 2.05) is 24.3 Å². The van der Waals surface area contributed by atoms with E-state index >= 15 is 0 Å². The monoisotopic (exact) mass is 409 g/mol. The zero-order valence-corrected chi connectivity index (χ0v) is 16.8. The first kappa shape index (κ1) is 18.3. The van der Waals surface area contributed by atoms with Crippen LogP contribution in [0.25, 0.3) is 10.3 Å². The first-order chi connectivity index (χ1) is 14.1. The lowest BCUT2D eigenvalue weighted by atomic mass is 9.96. The van der Waals surface area contributed by atoms with Crippen LogP contribution in [0, 0.1) is 0 Å². The minimum absolute atomic E-state index is 0.209. The number of piperidine rings is 1. The predicted molar refractivity (Wildman–Crippen MR) is 112 cm³/mol. The van der Waals surface area contributed by atoms with Crippen LogP contribution < -0.4 is 15.8 Å². The number of rotatable bonds is 5. The number of hydrogen-bond donors (Lipinski definition) is 2. The second-order valence-corrected chi connectivity index (χ2v) is 8.78. The SMILES string of the molecule is NC(=O)NC1C[C@H]2CC[C@H](C1)N2Cc1ccc(Oc2nc3ncccc3s2)cc1. The number of benzene rings is 1. The number of hydrogen-bond acceptors (Lipinski definition) is 6. The fourth-order valence-corrected chi connectivity index (χ4v) is 5.41. The van der Waals surface area contributed by atoms with Crippen LogP contribution in [0.1, 0.15) is 31.2 Å². The zero-order valence-electron chi connectivity index (χ0n) is 16.0. The van der Waals surface area contributed by atoms with Gasteiger partial charge in [0, 0.05) is 30.9 Å². The lowest BCUT2D eigenvalue weighted by Crippen LogP contribution is -2.51. The molecule has 8 heteroatoms. The summed E-state index contributed by atoms with van der Waals surface area (Å²) in [6.45, 7) is 0.921. The average molecular weight is 410 g/mol. The molecule has 5 rings (SSSR count). The van der Waals surface area contributed by atoms with E-state index in [4.69, 9.17) is 10.5 Å². The van der Waals surface area contributed by atoms with Crippen LogP contribution in [-0.2, 0) is 6.54 Å². The summed E-state index contributed by atoms with van der Waals surface area (Å²) in [6.07, 6.45) is 6.07. The van der Waals surface area contributed by atoms with Crippen molar-refractivity contribution in [3.8, 4) is 10.9 Å². The van der Waals surface area contributed by atoms with Crippen molar-refractivity contribution < 1.29 is 9.53 Å². The molecule has 2 saturated heterocycles. The molecule has 0 radical (unpaired) electrons. The van der Waals surface area contributed by atoms with Crippen LogP contribution in [0.15, 0.2) is 42.6 Å². The summed E-state index contributed by atoms with van der Waals surface area (Å²) < 4.78 is 6.93. The number of carbonyl (C=O) groups excluding carboxylic acids is 1. The number of amides is 2. The van der Waals surface area contributed by atoms with Crippen molar-refractivity contribution in [1.82, 2.24) is 20.2 Å². The number of fused-ring (bicyclic) bond motifs is 3. The van der Waals surface area contributed by atoms with Crippen molar-refractivity contribution in [1.29, 1.82) is 0 Å². The molecular weight excluding hydrogens is 386 g/mol. The lowest BCUT2D eigenvalue weighted by Gasteiger charge is -2.39. The predicted octanol–water partition coefficient (Wildman–Crippen LogP) is 3.65. The Labute approximate surface area is 172 Å². The molecule has 150 valence electrons. The number of urea groups is 1. The summed E-state index contributed by atoms with van der Waals surface area (Å²) in [4.78, 5) is 22.4. The molecule has 0 unspecified atom stereocenters. The van der Waals surface area contributed by atoms with E-state index in [1.54, 1.807) is 6.20 Å². The number of nitrogens with one attached hydrogen (secondary N) is 1. The maximum atomic E-state index is 11.2. The van der Waals surface area contributed by atoms with Crippen LogP contribution in [0.2, 0.25) is 0 Å². The number of pyridine rings is 1. The molecule has 2 aromatic heterocycles. The zero-order chi connectivity index (χ0) is 19.8. The van der Waals surface area contributed by atoms with Gasteiger partial charge < -0.3 is 15.8 Å². The highest BCUT2D eigenvalue weighted by Crippen LogP contribution is 2.37. The molecule has 4 heterocycles. The van der Waals surface area contributed by atoms with Crippen molar-refractivity contribution in [3.63, 3.8) is 0 Å². The molecule has 0 spiro atoms. The lowest BCUT2D eigenvalue weighted by molar-refractivity contribution is 0.112. The summed E-state index contributed by atoms with van der Waals surface area (Å²) in [5, 5.41) is 3.50. The molecular formula is C21H23N5O2S. The van der Waals surface area contributed by atoms with Gasteiger partial charge in [-0.25, -0.2) is 9.78 Å². The minimum atomic E-state index is -0.414. The molecule has 2 aliphatic rings. The quantitative estimate of drug-likeness (QED) is 0.671. The maximum absolute atomic E-state index is 11.2. The fourth-order valence-electron chi connectivity index (χ4n) is 4.62. The number of carbonyl (C=O) groups is 1. The molecule has 2 fully saturated rings. The van der Waals surface area contributed by atoms with E-state index in [0.29, 0.717) is 22.9 Å². The van der Waals surface area contributed by atoms with Gasteiger partial charge in [-0.15, -0.1) is 0 Å². The van der Waals surface area contributed by atoms with Crippen LogP contribution in [0.5, 0.6) is 10.9 Å². The Balaban J connectivity index is 1.22. The third-order valence-corrected chi connectivity index (χ3v) is 6.76. The second kappa shape index (κ2) is 7.61. The van der Waals surface area contributed by atoms with Gasteiger partial charge in [0.1, 0.15) is 5.75 Å². The number of ether oxygens (including phenoxy) is 1. The third-order valence-electron chi connectivity index (χ3n) is 5.87. The molecule has 0 saturated carbocycles. The van der Waals surface area contributed by atoms with Gasteiger partial charge in [0.15, 0.2) is 5.65 Å². The van der Waals surface area contributed by atoms with Crippen LogP contribution in [0.4, 0.5) is 4.79 Å².